The number of halogens is 1. The molecule has 0 aliphatic carbocycles. The van der Waals surface area contributed by atoms with Gasteiger partial charge in [-0.05, 0) is 25.5 Å². The highest BCUT2D eigenvalue weighted by Crippen LogP contribution is 2.18. The summed E-state index contributed by atoms with van der Waals surface area (Å²) < 4.78 is 24.4. The van der Waals surface area contributed by atoms with Crippen LogP contribution in [0.4, 0.5) is 4.39 Å². The van der Waals surface area contributed by atoms with Gasteiger partial charge in [0.2, 0.25) is 0 Å². The summed E-state index contributed by atoms with van der Waals surface area (Å²) in [5, 5.41) is 3.30. The van der Waals surface area contributed by atoms with Gasteiger partial charge in [-0.3, -0.25) is 4.99 Å². The number of rotatable bonds is 6. The Balaban J connectivity index is 1.80. The highest BCUT2D eigenvalue weighted by Gasteiger charge is 2.24. The molecule has 1 aliphatic rings. The van der Waals surface area contributed by atoms with E-state index < -0.39 is 0 Å². The number of ether oxygens (including phenoxy) is 2. The van der Waals surface area contributed by atoms with Crippen LogP contribution in [0.3, 0.4) is 0 Å². The summed E-state index contributed by atoms with van der Waals surface area (Å²) in [6.45, 7) is 5.16. The van der Waals surface area contributed by atoms with E-state index in [-0.39, 0.29) is 17.7 Å². The van der Waals surface area contributed by atoms with E-state index in [1.807, 2.05) is 6.92 Å². The Kier molecular flexibility index (Phi) is 6.65. The third-order valence-electron chi connectivity index (χ3n) is 3.91. The van der Waals surface area contributed by atoms with Gasteiger partial charge in [0, 0.05) is 33.2 Å². The van der Waals surface area contributed by atoms with Gasteiger partial charge < -0.3 is 19.7 Å². The van der Waals surface area contributed by atoms with Gasteiger partial charge in [-0.2, -0.15) is 0 Å². The SMILES string of the molecule is CN=C(NCC(C)Oc1ccccc1F)N1CCC(COC)C1. The summed E-state index contributed by atoms with van der Waals surface area (Å²) in [6, 6.07) is 6.44. The average Bonchev–Trinajstić information content (AvgIpc) is 2.99. The highest BCUT2D eigenvalue weighted by atomic mass is 19.1. The van der Waals surface area contributed by atoms with Gasteiger partial charge in [0.05, 0.1) is 13.2 Å². The molecule has 128 valence electrons. The van der Waals surface area contributed by atoms with Crippen LogP contribution in [0.1, 0.15) is 13.3 Å². The van der Waals surface area contributed by atoms with E-state index in [2.05, 4.69) is 15.2 Å². The predicted molar refractivity (Wildman–Crippen MR) is 89.4 cm³/mol. The Morgan fingerprint density at radius 2 is 2.26 bits per heavy atom. The summed E-state index contributed by atoms with van der Waals surface area (Å²) in [6.07, 6.45) is 0.941. The van der Waals surface area contributed by atoms with Crippen LogP contribution in [0.2, 0.25) is 0 Å². The van der Waals surface area contributed by atoms with E-state index in [1.54, 1.807) is 32.4 Å². The van der Waals surface area contributed by atoms with Crippen LogP contribution in [0.25, 0.3) is 0 Å². The standard InChI is InChI=1S/C17H26FN3O2/c1-13(23-16-7-5-4-6-15(16)18)10-20-17(19-2)21-9-8-14(11-21)12-22-3/h4-7,13-14H,8-12H2,1-3H3,(H,19,20). The fourth-order valence-corrected chi connectivity index (χ4v) is 2.76. The van der Waals surface area contributed by atoms with E-state index in [1.165, 1.54) is 6.07 Å². The van der Waals surface area contributed by atoms with Crippen molar-refractivity contribution in [3.05, 3.63) is 30.1 Å². The number of hydrogen-bond donors (Lipinski definition) is 1. The molecule has 2 atom stereocenters. The number of methoxy groups -OCH3 is 1. The lowest BCUT2D eigenvalue weighted by Crippen LogP contribution is -2.43. The number of hydrogen-bond acceptors (Lipinski definition) is 3. The van der Waals surface area contributed by atoms with Crippen molar-refractivity contribution in [2.75, 3.05) is 40.4 Å². The molecule has 0 aromatic heterocycles. The monoisotopic (exact) mass is 323 g/mol. The second-order valence-electron chi connectivity index (χ2n) is 5.84. The lowest BCUT2D eigenvalue weighted by Gasteiger charge is -2.23. The molecule has 0 radical (unpaired) electrons. The Bertz CT molecular complexity index is 524. The Morgan fingerprint density at radius 3 is 2.96 bits per heavy atom. The first kappa shape index (κ1) is 17.5. The van der Waals surface area contributed by atoms with Gasteiger partial charge >= 0.3 is 0 Å². The molecule has 5 nitrogen and oxygen atoms in total. The lowest BCUT2D eigenvalue weighted by molar-refractivity contribution is 0.157. The van der Waals surface area contributed by atoms with Gasteiger partial charge in [0.25, 0.3) is 0 Å². The molecule has 0 saturated carbocycles. The second-order valence-corrected chi connectivity index (χ2v) is 5.84. The van der Waals surface area contributed by atoms with Gasteiger partial charge in [-0.25, -0.2) is 4.39 Å². The molecule has 1 fully saturated rings. The minimum atomic E-state index is -0.342. The van der Waals surface area contributed by atoms with Crippen molar-refractivity contribution in [2.45, 2.75) is 19.4 Å². The maximum atomic E-state index is 13.6. The smallest absolute Gasteiger partial charge is 0.193 e. The minimum Gasteiger partial charge on any atom is -0.486 e. The summed E-state index contributed by atoms with van der Waals surface area (Å²) in [5.41, 5.74) is 0. The Hall–Kier alpha value is -1.82. The van der Waals surface area contributed by atoms with Gasteiger partial charge in [0.15, 0.2) is 17.5 Å². The zero-order valence-corrected chi connectivity index (χ0v) is 14.1. The fraction of sp³-hybridized carbons (Fsp3) is 0.588. The Morgan fingerprint density at radius 1 is 1.48 bits per heavy atom. The van der Waals surface area contributed by atoms with Crippen molar-refractivity contribution >= 4 is 5.96 Å². The first-order valence-electron chi connectivity index (χ1n) is 7.99. The number of para-hydroxylation sites is 1. The average molecular weight is 323 g/mol. The molecule has 1 heterocycles. The summed E-state index contributed by atoms with van der Waals surface area (Å²) in [5.74, 6) is 1.34. The van der Waals surface area contributed by atoms with Crippen LogP contribution in [0, 0.1) is 11.7 Å². The molecule has 0 bridgehead atoms. The van der Waals surface area contributed by atoms with E-state index >= 15 is 0 Å². The number of guanidine groups is 1. The van der Waals surface area contributed by atoms with Crippen LogP contribution >= 0.6 is 0 Å². The highest BCUT2D eigenvalue weighted by molar-refractivity contribution is 5.80. The third-order valence-corrected chi connectivity index (χ3v) is 3.91. The van der Waals surface area contributed by atoms with Crippen LogP contribution in [-0.2, 0) is 4.74 Å². The van der Waals surface area contributed by atoms with Gasteiger partial charge in [-0.1, -0.05) is 12.1 Å². The second kappa shape index (κ2) is 8.72. The molecule has 1 aromatic rings. The molecular formula is C17H26FN3O2. The zero-order valence-electron chi connectivity index (χ0n) is 14.1. The van der Waals surface area contributed by atoms with E-state index in [9.17, 15) is 4.39 Å². The molecule has 1 N–H and O–H groups in total. The number of benzene rings is 1. The number of nitrogens with one attached hydrogen (secondary N) is 1. The van der Waals surface area contributed by atoms with E-state index in [4.69, 9.17) is 9.47 Å². The van der Waals surface area contributed by atoms with Crippen molar-refractivity contribution < 1.29 is 13.9 Å². The molecular weight excluding hydrogens is 297 g/mol. The molecule has 1 aromatic carbocycles. The normalized spacial score (nSPS) is 19.7. The molecule has 0 amide bonds. The molecule has 1 aliphatic heterocycles. The van der Waals surface area contributed by atoms with Crippen LogP contribution in [0.15, 0.2) is 29.3 Å². The number of aliphatic imine (C=N–C) groups is 1. The maximum absolute atomic E-state index is 13.6. The van der Waals surface area contributed by atoms with Crippen molar-refractivity contribution in [1.29, 1.82) is 0 Å². The number of likely N-dealkylation sites (tertiary alicyclic amines) is 1. The molecule has 2 unspecified atom stereocenters. The number of nitrogens with zero attached hydrogens (tertiary/aromatic N) is 2. The summed E-state index contributed by atoms with van der Waals surface area (Å²) in [7, 11) is 3.51. The minimum absolute atomic E-state index is 0.166. The molecule has 0 spiro atoms. The summed E-state index contributed by atoms with van der Waals surface area (Å²) in [4.78, 5) is 6.54. The summed E-state index contributed by atoms with van der Waals surface area (Å²) >= 11 is 0. The van der Waals surface area contributed by atoms with Crippen LogP contribution in [-0.4, -0.2) is 57.4 Å². The molecule has 2 rings (SSSR count). The van der Waals surface area contributed by atoms with Crippen molar-refractivity contribution in [3.63, 3.8) is 0 Å². The Labute approximate surface area is 137 Å². The van der Waals surface area contributed by atoms with E-state index in [0.29, 0.717) is 12.5 Å². The molecule has 1 saturated heterocycles. The maximum Gasteiger partial charge on any atom is 0.193 e. The largest absolute Gasteiger partial charge is 0.486 e. The van der Waals surface area contributed by atoms with Crippen molar-refractivity contribution in [3.8, 4) is 5.75 Å². The predicted octanol–water partition coefficient (Wildman–Crippen LogP) is 2.14. The van der Waals surface area contributed by atoms with Crippen LogP contribution < -0.4 is 10.1 Å². The first-order valence-corrected chi connectivity index (χ1v) is 7.99. The van der Waals surface area contributed by atoms with Crippen LogP contribution in [0.5, 0.6) is 5.75 Å². The molecule has 6 heteroatoms. The van der Waals surface area contributed by atoms with Gasteiger partial charge in [-0.15, -0.1) is 0 Å². The zero-order chi connectivity index (χ0) is 16.7. The fourth-order valence-electron chi connectivity index (χ4n) is 2.76. The lowest BCUT2D eigenvalue weighted by atomic mass is 10.1. The third kappa shape index (κ3) is 5.10. The van der Waals surface area contributed by atoms with Crippen molar-refractivity contribution in [1.82, 2.24) is 10.2 Å². The quantitative estimate of drug-likeness (QED) is 0.643. The van der Waals surface area contributed by atoms with Crippen molar-refractivity contribution in [2.24, 2.45) is 10.9 Å². The molecule has 23 heavy (non-hydrogen) atoms. The first-order chi connectivity index (χ1) is 11.1. The topological polar surface area (TPSA) is 46.1 Å². The van der Waals surface area contributed by atoms with Gasteiger partial charge in [0.1, 0.15) is 6.10 Å². The van der Waals surface area contributed by atoms with E-state index in [0.717, 1.165) is 32.1 Å².